The van der Waals surface area contributed by atoms with Crippen LogP contribution in [-0.4, -0.2) is 5.97 Å². The van der Waals surface area contributed by atoms with E-state index in [2.05, 4.69) is 37.5 Å². The van der Waals surface area contributed by atoms with Gasteiger partial charge in [-0.15, -0.1) is 0 Å². The standard InChI is InChI=1S/C4H6O2.C2H3Cl.Mo.2S/c1-3-6-4(2)5;1-2-3;;;/h3H,1H2,2H3;2H,1H2;;;. The molecule has 70 valence electrons. The fourth-order valence-corrected chi connectivity index (χ4v) is 0.117. The number of carbonyl (C=O) groups is 1. The van der Waals surface area contributed by atoms with Crippen molar-refractivity contribution in [1.82, 2.24) is 0 Å². The summed E-state index contributed by atoms with van der Waals surface area (Å²) in [7, 11) is 8.68. The number of esters is 1. The van der Waals surface area contributed by atoms with Crippen molar-refractivity contribution in [3.05, 3.63) is 25.0 Å². The van der Waals surface area contributed by atoms with Crippen molar-refractivity contribution in [2.75, 3.05) is 0 Å². The van der Waals surface area contributed by atoms with Crippen LogP contribution in [0.15, 0.2) is 25.0 Å². The zero-order chi connectivity index (χ0) is 10.4. The van der Waals surface area contributed by atoms with Crippen molar-refractivity contribution in [3.8, 4) is 0 Å². The molecule has 0 amide bonds. The van der Waals surface area contributed by atoms with Gasteiger partial charge in [0.1, 0.15) is 0 Å². The van der Waals surface area contributed by atoms with Crippen molar-refractivity contribution in [2.24, 2.45) is 0 Å². The molecule has 0 heterocycles. The second-order valence-electron chi connectivity index (χ2n) is 0.998. The molecule has 0 aliphatic carbocycles. The van der Waals surface area contributed by atoms with E-state index in [1.165, 1.54) is 12.5 Å². The van der Waals surface area contributed by atoms with Gasteiger partial charge in [0.25, 0.3) is 0 Å². The summed E-state index contributed by atoms with van der Waals surface area (Å²) in [6.45, 7) is 7.61. The first-order valence-corrected chi connectivity index (χ1v) is 8.53. The molecule has 0 aliphatic rings. The van der Waals surface area contributed by atoms with Crippen LogP contribution in [0.3, 0.4) is 0 Å². The molecule has 12 heavy (non-hydrogen) atoms. The summed E-state index contributed by atoms with van der Waals surface area (Å²) >= 11 is 4.40. The van der Waals surface area contributed by atoms with E-state index in [1.54, 1.807) is 0 Å². The van der Waals surface area contributed by atoms with E-state index in [1.807, 2.05) is 0 Å². The Morgan fingerprint density at radius 1 is 1.58 bits per heavy atom. The Morgan fingerprint density at radius 2 is 1.83 bits per heavy atom. The Morgan fingerprint density at radius 3 is 1.83 bits per heavy atom. The third kappa shape index (κ3) is 80.2. The predicted octanol–water partition coefficient (Wildman–Crippen LogP) is 3.36. The number of hydrogen-bond acceptors (Lipinski definition) is 4. The first kappa shape index (κ1) is 18.2. The van der Waals surface area contributed by atoms with Crippen LogP contribution >= 0.6 is 31.2 Å². The van der Waals surface area contributed by atoms with Crippen LogP contribution < -0.4 is 0 Å². The third-order valence-electron chi connectivity index (χ3n) is 0.249. The van der Waals surface area contributed by atoms with Crippen LogP contribution in [0, 0.1) is 0 Å². The zero-order valence-corrected chi connectivity index (χ0v) is 10.9. The molecular formula is C6H9ClMoO2S2. The zero-order valence-electron chi connectivity index (χ0n) is 6.49. The summed E-state index contributed by atoms with van der Waals surface area (Å²) in [5.74, 6) is -0.329. The number of ether oxygens (including phenoxy) is 1. The molecule has 0 fully saturated rings. The van der Waals surface area contributed by atoms with Crippen LogP contribution in [0.5, 0.6) is 0 Å². The van der Waals surface area contributed by atoms with Gasteiger partial charge in [-0.3, -0.25) is 4.79 Å². The fourth-order valence-electron chi connectivity index (χ4n) is 0.117. The molecule has 0 aliphatic heterocycles. The van der Waals surface area contributed by atoms with Crippen molar-refractivity contribution in [1.29, 1.82) is 0 Å². The summed E-state index contributed by atoms with van der Waals surface area (Å²) < 4.78 is 4.17. The van der Waals surface area contributed by atoms with E-state index >= 15 is 0 Å². The van der Waals surface area contributed by atoms with E-state index < -0.39 is 0 Å². The minimum atomic E-state index is -0.363. The van der Waals surface area contributed by atoms with Gasteiger partial charge in [0, 0.05) is 6.92 Å². The second kappa shape index (κ2) is 22.5. The van der Waals surface area contributed by atoms with Gasteiger partial charge in [-0.25, -0.2) is 0 Å². The van der Waals surface area contributed by atoms with Crippen molar-refractivity contribution in [2.45, 2.75) is 6.92 Å². The van der Waals surface area contributed by atoms with Gasteiger partial charge in [0.05, 0.1) is 6.26 Å². The Bertz CT molecular complexity index is 167. The molecule has 0 aromatic rings. The maximum absolute atomic E-state index is 9.75. The summed E-state index contributed by atoms with van der Waals surface area (Å²) in [4.78, 5) is 9.75. The van der Waals surface area contributed by atoms with Gasteiger partial charge in [0.2, 0.25) is 0 Å². The summed E-state index contributed by atoms with van der Waals surface area (Å²) in [6.07, 6.45) is 1.10. The number of rotatable bonds is 1. The van der Waals surface area contributed by atoms with Gasteiger partial charge < -0.3 is 4.74 Å². The molecule has 0 saturated carbocycles. The van der Waals surface area contributed by atoms with Gasteiger partial charge in [-0.05, 0) is 5.54 Å². The van der Waals surface area contributed by atoms with Gasteiger partial charge in [0.15, 0.2) is 0 Å². The molecule has 0 spiro atoms. The van der Waals surface area contributed by atoms with Gasteiger partial charge in [-0.1, -0.05) is 24.8 Å². The summed E-state index contributed by atoms with van der Waals surface area (Å²) in [6, 6.07) is 0. The van der Waals surface area contributed by atoms with Crippen LogP contribution in [-0.2, 0) is 24.5 Å². The van der Waals surface area contributed by atoms with E-state index in [0.717, 1.165) is 6.26 Å². The quantitative estimate of drug-likeness (QED) is 0.421. The molecule has 0 unspecified atom stereocenters. The molecule has 6 heteroatoms. The van der Waals surface area contributed by atoms with E-state index in [-0.39, 0.29) is 20.9 Å². The summed E-state index contributed by atoms with van der Waals surface area (Å²) in [5.41, 5.74) is 1.22. The van der Waals surface area contributed by atoms with Crippen LogP contribution in [0.1, 0.15) is 6.92 Å². The van der Waals surface area contributed by atoms with Gasteiger partial charge >= 0.3 is 40.5 Å². The normalized spacial score (nSPS) is 5.50. The Kier molecular flexibility index (Phi) is 34.2. The molecule has 0 aromatic heterocycles. The second-order valence-corrected chi connectivity index (χ2v) is 4.86. The molecule has 0 saturated heterocycles. The van der Waals surface area contributed by atoms with Crippen LogP contribution in [0.2, 0.25) is 0 Å². The minimum absolute atomic E-state index is 0.329. The average Bonchev–Trinajstić information content (AvgIpc) is 1.89. The van der Waals surface area contributed by atoms with Crippen molar-refractivity contribution < 1.29 is 24.5 Å². The summed E-state index contributed by atoms with van der Waals surface area (Å²) in [5, 5.41) is 0. The average molecular weight is 309 g/mol. The Labute approximate surface area is 93.1 Å². The van der Waals surface area contributed by atoms with Crippen LogP contribution in [0.4, 0.5) is 0 Å². The van der Waals surface area contributed by atoms with Crippen molar-refractivity contribution in [3.63, 3.8) is 0 Å². The number of halogens is 1. The maximum atomic E-state index is 9.75. The van der Waals surface area contributed by atoms with E-state index in [0.29, 0.717) is 0 Å². The first-order chi connectivity index (χ1) is 5.60. The molecule has 0 aromatic carbocycles. The molecule has 0 bridgehead atoms. The van der Waals surface area contributed by atoms with E-state index in [9.17, 15) is 4.79 Å². The molecule has 0 radical (unpaired) electrons. The molecule has 0 atom stereocenters. The van der Waals surface area contributed by atoms with E-state index in [4.69, 9.17) is 11.6 Å². The Hall–Kier alpha value is 0.368. The van der Waals surface area contributed by atoms with Crippen molar-refractivity contribution >= 4 is 37.2 Å². The SMILES string of the molecule is C=CCl.C=COC(C)=O.[S]=[Mo]=[S]. The molecular weight excluding hydrogens is 300 g/mol. The topological polar surface area (TPSA) is 26.3 Å². The molecule has 2 nitrogen and oxygen atoms in total. The Balaban J connectivity index is -0.000000115. The predicted molar refractivity (Wildman–Crippen MR) is 53.2 cm³/mol. The monoisotopic (exact) mass is 310 g/mol. The fraction of sp³-hybridized carbons (Fsp3) is 0.167. The number of carbonyl (C=O) groups excluding carboxylic acids is 1. The molecule has 0 rings (SSSR count). The number of hydrogen-bond donors (Lipinski definition) is 0. The van der Waals surface area contributed by atoms with Crippen LogP contribution in [0.25, 0.3) is 0 Å². The third-order valence-corrected chi connectivity index (χ3v) is 0.249. The van der Waals surface area contributed by atoms with Gasteiger partial charge in [-0.2, -0.15) is 0 Å². The first-order valence-electron chi connectivity index (χ1n) is 2.51. The molecule has 0 N–H and O–H groups in total.